The molecule has 0 spiro atoms. The minimum absolute atomic E-state index is 0.0355. The summed E-state index contributed by atoms with van der Waals surface area (Å²) in [5.41, 5.74) is 1.57. The molecule has 138 valence electrons. The number of hydrogen-bond acceptors (Lipinski definition) is 4. The fourth-order valence-corrected chi connectivity index (χ4v) is 2.76. The van der Waals surface area contributed by atoms with E-state index in [0.717, 1.165) is 5.69 Å². The molecule has 3 rings (SSSR count). The molecule has 0 saturated carbocycles. The van der Waals surface area contributed by atoms with Crippen LogP contribution in [0.25, 0.3) is 6.08 Å². The molecule has 0 atom stereocenters. The largest absolute Gasteiger partial charge is 0.336 e. The maximum absolute atomic E-state index is 12.0. The first-order chi connectivity index (χ1) is 12.9. The van der Waals surface area contributed by atoms with Crippen LogP contribution in [0, 0.1) is 10.1 Å². The molecule has 2 N–H and O–H groups in total. The van der Waals surface area contributed by atoms with Crippen molar-refractivity contribution in [1.82, 2.24) is 5.32 Å². The van der Waals surface area contributed by atoms with Crippen molar-refractivity contribution < 1.29 is 14.5 Å². The zero-order valence-electron chi connectivity index (χ0n) is 14.0. The minimum atomic E-state index is -0.581. The van der Waals surface area contributed by atoms with Crippen molar-refractivity contribution in [3.8, 4) is 0 Å². The number of amides is 3. The quantitative estimate of drug-likeness (QED) is 0.466. The van der Waals surface area contributed by atoms with Gasteiger partial charge in [-0.2, -0.15) is 0 Å². The lowest BCUT2D eigenvalue weighted by Gasteiger charge is -2.14. The SMILES string of the molecule is O=C(/C=C/c1ccc(Cl)c([N+](=O)[O-])c1)Nc1ccc(N2CCNC2=O)cc1. The fourth-order valence-electron chi connectivity index (χ4n) is 2.57. The number of anilines is 2. The zero-order chi connectivity index (χ0) is 19.4. The van der Waals surface area contributed by atoms with Crippen LogP contribution in [-0.4, -0.2) is 30.0 Å². The first kappa shape index (κ1) is 18.4. The Labute approximate surface area is 159 Å². The summed E-state index contributed by atoms with van der Waals surface area (Å²) >= 11 is 5.76. The molecular formula is C18H15ClN4O4. The van der Waals surface area contributed by atoms with Gasteiger partial charge >= 0.3 is 6.03 Å². The number of carbonyl (C=O) groups excluding carboxylic acids is 2. The number of nitro benzene ring substituents is 1. The van der Waals surface area contributed by atoms with Crippen LogP contribution in [0.5, 0.6) is 0 Å². The average molecular weight is 387 g/mol. The van der Waals surface area contributed by atoms with Crippen molar-refractivity contribution in [3.63, 3.8) is 0 Å². The van der Waals surface area contributed by atoms with E-state index in [1.807, 2.05) is 0 Å². The molecule has 1 fully saturated rings. The summed E-state index contributed by atoms with van der Waals surface area (Å²) < 4.78 is 0. The van der Waals surface area contributed by atoms with Gasteiger partial charge in [-0.05, 0) is 42.0 Å². The van der Waals surface area contributed by atoms with Crippen LogP contribution in [0.4, 0.5) is 21.9 Å². The third kappa shape index (κ3) is 4.42. The topological polar surface area (TPSA) is 105 Å². The number of nitrogens with zero attached hydrogens (tertiary/aromatic N) is 2. The van der Waals surface area contributed by atoms with E-state index >= 15 is 0 Å². The normalized spacial score (nSPS) is 13.7. The van der Waals surface area contributed by atoms with Crippen LogP contribution in [0.15, 0.2) is 48.5 Å². The first-order valence-electron chi connectivity index (χ1n) is 8.02. The number of nitrogens with one attached hydrogen (secondary N) is 2. The van der Waals surface area contributed by atoms with Gasteiger partial charge in [-0.1, -0.05) is 17.7 Å². The lowest BCUT2D eigenvalue weighted by molar-refractivity contribution is -0.384. The van der Waals surface area contributed by atoms with Gasteiger partial charge in [0.15, 0.2) is 0 Å². The molecule has 0 radical (unpaired) electrons. The molecule has 2 aromatic carbocycles. The Hall–Kier alpha value is -3.39. The van der Waals surface area contributed by atoms with E-state index in [2.05, 4.69) is 10.6 Å². The van der Waals surface area contributed by atoms with Gasteiger partial charge in [-0.3, -0.25) is 19.8 Å². The van der Waals surface area contributed by atoms with Crippen LogP contribution in [-0.2, 0) is 4.79 Å². The molecule has 3 amide bonds. The van der Waals surface area contributed by atoms with E-state index in [1.165, 1.54) is 24.3 Å². The van der Waals surface area contributed by atoms with Gasteiger partial charge in [0.2, 0.25) is 5.91 Å². The molecule has 1 heterocycles. The molecule has 1 aliphatic heterocycles. The van der Waals surface area contributed by atoms with Gasteiger partial charge in [0.25, 0.3) is 5.69 Å². The van der Waals surface area contributed by atoms with Gasteiger partial charge in [0.05, 0.1) is 4.92 Å². The standard InChI is InChI=1S/C18H15ClN4O4/c19-15-7-1-12(11-16(15)23(26)27)2-8-17(24)21-13-3-5-14(6-4-13)22-10-9-20-18(22)25/h1-8,11H,9-10H2,(H,20,25)(H,21,24)/b8-2+. The van der Waals surface area contributed by atoms with E-state index in [0.29, 0.717) is 24.3 Å². The van der Waals surface area contributed by atoms with E-state index < -0.39 is 4.92 Å². The third-order valence-corrected chi connectivity index (χ3v) is 4.22. The van der Waals surface area contributed by atoms with Gasteiger partial charge < -0.3 is 10.6 Å². The number of benzene rings is 2. The van der Waals surface area contributed by atoms with Crippen molar-refractivity contribution >= 4 is 46.7 Å². The van der Waals surface area contributed by atoms with E-state index in [1.54, 1.807) is 35.2 Å². The molecule has 2 aromatic rings. The summed E-state index contributed by atoms with van der Waals surface area (Å²) in [5.74, 6) is -0.390. The number of halogens is 1. The number of carbonyl (C=O) groups is 2. The van der Waals surface area contributed by atoms with Crippen molar-refractivity contribution in [2.45, 2.75) is 0 Å². The molecule has 9 heteroatoms. The molecule has 0 unspecified atom stereocenters. The third-order valence-electron chi connectivity index (χ3n) is 3.90. The van der Waals surface area contributed by atoms with Crippen LogP contribution >= 0.6 is 11.6 Å². The molecule has 8 nitrogen and oxygen atoms in total. The maximum atomic E-state index is 12.0. The number of urea groups is 1. The summed E-state index contributed by atoms with van der Waals surface area (Å²) in [6.07, 6.45) is 2.73. The second-order valence-electron chi connectivity index (χ2n) is 5.72. The Morgan fingerprint density at radius 1 is 1.26 bits per heavy atom. The van der Waals surface area contributed by atoms with E-state index in [9.17, 15) is 19.7 Å². The highest BCUT2D eigenvalue weighted by molar-refractivity contribution is 6.32. The van der Waals surface area contributed by atoms with E-state index in [4.69, 9.17) is 11.6 Å². The highest BCUT2D eigenvalue weighted by Crippen LogP contribution is 2.25. The van der Waals surface area contributed by atoms with Crippen LogP contribution in [0.2, 0.25) is 5.02 Å². The number of hydrogen-bond donors (Lipinski definition) is 2. The van der Waals surface area contributed by atoms with E-state index in [-0.39, 0.29) is 22.6 Å². The molecule has 27 heavy (non-hydrogen) atoms. The lowest BCUT2D eigenvalue weighted by Crippen LogP contribution is -2.27. The second-order valence-corrected chi connectivity index (χ2v) is 6.13. The molecule has 0 bridgehead atoms. The summed E-state index contributed by atoms with van der Waals surface area (Å²) in [6.45, 7) is 1.20. The number of rotatable bonds is 5. The smallest absolute Gasteiger partial charge is 0.321 e. The lowest BCUT2D eigenvalue weighted by atomic mass is 10.2. The maximum Gasteiger partial charge on any atom is 0.321 e. The first-order valence-corrected chi connectivity index (χ1v) is 8.40. The Bertz CT molecular complexity index is 927. The van der Waals surface area contributed by atoms with Gasteiger partial charge in [-0.15, -0.1) is 0 Å². The van der Waals surface area contributed by atoms with Crippen LogP contribution in [0.1, 0.15) is 5.56 Å². The monoisotopic (exact) mass is 386 g/mol. The summed E-state index contributed by atoms with van der Waals surface area (Å²) in [5, 5.41) is 16.3. The minimum Gasteiger partial charge on any atom is -0.336 e. The van der Waals surface area contributed by atoms with Gasteiger partial charge in [0.1, 0.15) is 5.02 Å². The molecular weight excluding hydrogens is 372 g/mol. The Morgan fingerprint density at radius 2 is 2.00 bits per heavy atom. The number of nitro groups is 1. The predicted molar refractivity (Wildman–Crippen MR) is 103 cm³/mol. The van der Waals surface area contributed by atoms with Crippen molar-refractivity contribution in [1.29, 1.82) is 0 Å². The second kappa shape index (κ2) is 7.88. The average Bonchev–Trinajstić information content (AvgIpc) is 3.07. The predicted octanol–water partition coefficient (Wildman–Crippen LogP) is 3.43. The van der Waals surface area contributed by atoms with Crippen molar-refractivity contribution in [2.24, 2.45) is 0 Å². The molecule has 0 aromatic heterocycles. The Morgan fingerprint density at radius 3 is 2.63 bits per heavy atom. The summed E-state index contributed by atoms with van der Waals surface area (Å²) in [7, 11) is 0. The summed E-state index contributed by atoms with van der Waals surface area (Å²) in [4.78, 5) is 35.6. The zero-order valence-corrected chi connectivity index (χ0v) is 14.8. The fraction of sp³-hybridized carbons (Fsp3) is 0.111. The Kier molecular flexibility index (Phi) is 5.37. The Balaban J connectivity index is 1.64. The van der Waals surface area contributed by atoms with Gasteiger partial charge in [0, 0.05) is 36.6 Å². The van der Waals surface area contributed by atoms with Crippen molar-refractivity contribution in [2.75, 3.05) is 23.3 Å². The van der Waals surface area contributed by atoms with Crippen LogP contribution in [0.3, 0.4) is 0 Å². The highest BCUT2D eigenvalue weighted by atomic mass is 35.5. The van der Waals surface area contributed by atoms with Gasteiger partial charge in [-0.25, -0.2) is 4.79 Å². The van der Waals surface area contributed by atoms with Crippen molar-refractivity contribution in [3.05, 3.63) is 69.2 Å². The molecule has 1 aliphatic rings. The van der Waals surface area contributed by atoms with Crippen LogP contribution < -0.4 is 15.5 Å². The molecule has 1 saturated heterocycles. The summed E-state index contributed by atoms with van der Waals surface area (Å²) in [6, 6.07) is 11.0. The molecule has 0 aliphatic carbocycles. The highest BCUT2D eigenvalue weighted by Gasteiger charge is 2.20.